The number of amides is 4. The summed E-state index contributed by atoms with van der Waals surface area (Å²) in [4.78, 5) is 51.2. The quantitative estimate of drug-likeness (QED) is 0.200. The third-order valence-corrected chi connectivity index (χ3v) is 12.4. The third kappa shape index (κ3) is 9.84. The number of thiazole rings is 2. The zero-order chi connectivity index (χ0) is 36.0. The van der Waals surface area contributed by atoms with Crippen molar-refractivity contribution < 1.29 is 27.9 Å². The van der Waals surface area contributed by atoms with Gasteiger partial charge >= 0.3 is 6.03 Å². The summed E-state index contributed by atoms with van der Waals surface area (Å²) >= 11 is 2.37. The molecule has 0 radical (unpaired) electrons. The lowest BCUT2D eigenvalue weighted by Crippen LogP contribution is -2.57. The Morgan fingerprint density at radius 1 is 1.06 bits per heavy atom. The Kier molecular flexibility index (Phi) is 12.9. The fourth-order valence-electron chi connectivity index (χ4n) is 5.86. The van der Waals surface area contributed by atoms with Crippen LogP contribution in [0.3, 0.4) is 0 Å². The van der Waals surface area contributed by atoms with Crippen molar-refractivity contribution in [2.45, 2.75) is 83.8 Å². The van der Waals surface area contributed by atoms with Gasteiger partial charge in [-0.25, -0.2) is 23.2 Å². The van der Waals surface area contributed by atoms with Crippen LogP contribution in [-0.2, 0) is 32.6 Å². The maximum Gasteiger partial charge on any atom is 0.321 e. The standard InChI is InChI=1S/C33H47N7O6S3/c1-20(2)16-39(49(45,46)31-22(5)34-32(48-31)35-23(6)41)18-28(42)27(15-25-11-9-8-10-12-25)37-30(43)29(21(3)4)40-14-13-38(33(40)44)17-26-19-47-24(7)36-26/h8-12,19-21,27-29,42H,13-18H2,1-7H3,(H,37,43)(H,34,35,41)/t27-,28-,29-/m0/s1. The predicted octanol–water partition coefficient (Wildman–Crippen LogP) is 3.87. The average molecular weight is 734 g/mol. The first-order valence-electron chi connectivity index (χ1n) is 16.3. The first-order valence-corrected chi connectivity index (χ1v) is 19.4. The molecule has 0 unspecified atom stereocenters. The number of carbonyl (C=O) groups excluding carboxylic acids is 3. The van der Waals surface area contributed by atoms with Crippen LogP contribution in [0.4, 0.5) is 9.93 Å². The smallest absolute Gasteiger partial charge is 0.321 e. The Morgan fingerprint density at radius 2 is 1.76 bits per heavy atom. The van der Waals surface area contributed by atoms with Crippen LogP contribution in [0.15, 0.2) is 39.9 Å². The number of carbonyl (C=O) groups is 3. The Labute approximate surface area is 296 Å². The van der Waals surface area contributed by atoms with Crippen molar-refractivity contribution in [1.29, 1.82) is 0 Å². The molecular formula is C33H47N7O6S3. The van der Waals surface area contributed by atoms with E-state index in [-0.39, 0.29) is 58.3 Å². The van der Waals surface area contributed by atoms with Gasteiger partial charge in [0.2, 0.25) is 11.8 Å². The van der Waals surface area contributed by atoms with Crippen molar-refractivity contribution >= 4 is 55.7 Å². The van der Waals surface area contributed by atoms with Crippen molar-refractivity contribution in [3.05, 3.63) is 57.7 Å². The van der Waals surface area contributed by atoms with Gasteiger partial charge in [-0.3, -0.25) is 9.59 Å². The second-order valence-corrected chi connectivity index (χ2v) is 17.3. The first kappa shape index (κ1) is 38.4. The molecule has 3 heterocycles. The number of anilines is 1. The van der Waals surface area contributed by atoms with E-state index in [0.717, 1.165) is 27.6 Å². The molecule has 1 aliphatic rings. The molecule has 16 heteroatoms. The number of urea groups is 1. The number of benzene rings is 1. The molecule has 0 saturated carbocycles. The molecule has 13 nitrogen and oxygen atoms in total. The van der Waals surface area contributed by atoms with E-state index in [0.29, 0.717) is 19.6 Å². The molecule has 3 aromatic rings. The van der Waals surface area contributed by atoms with E-state index >= 15 is 0 Å². The van der Waals surface area contributed by atoms with E-state index in [2.05, 4.69) is 20.6 Å². The maximum absolute atomic E-state index is 14.1. The minimum atomic E-state index is -4.15. The van der Waals surface area contributed by atoms with E-state index in [1.165, 1.54) is 22.6 Å². The van der Waals surface area contributed by atoms with Crippen molar-refractivity contribution in [2.75, 3.05) is 31.5 Å². The molecule has 1 fully saturated rings. The van der Waals surface area contributed by atoms with Crippen LogP contribution in [0.25, 0.3) is 0 Å². The van der Waals surface area contributed by atoms with Gasteiger partial charge in [0.25, 0.3) is 10.0 Å². The monoisotopic (exact) mass is 733 g/mol. The Hall–Kier alpha value is -3.44. The minimum absolute atomic E-state index is 0.0301. The Balaban J connectivity index is 1.58. The summed E-state index contributed by atoms with van der Waals surface area (Å²) in [7, 11) is -4.15. The highest BCUT2D eigenvalue weighted by atomic mass is 32.2. The number of aromatic nitrogens is 2. The minimum Gasteiger partial charge on any atom is -0.390 e. The van der Waals surface area contributed by atoms with Crippen molar-refractivity contribution in [1.82, 2.24) is 29.4 Å². The predicted molar refractivity (Wildman–Crippen MR) is 191 cm³/mol. The molecule has 49 heavy (non-hydrogen) atoms. The van der Waals surface area contributed by atoms with Gasteiger partial charge in [0.15, 0.2) is 9.34 Å². The number of sulfonamides is 1. The fourth-order valence-corrected chi connectivity index (χ4v) is 9.68. The molecule has 1 aliphatic heterocycles. The number of aliphatic hydroxyl groups is 1. The highest BCUT2D eigenvalue weighted by Gasteiger charge is 2.41. The SMILES string of the molecule is CC(=O)Nc1nc(C)c(S(=O)(=O)N(CC(C)C)C[C@H](O)[C@H](Cc2ccccc2)NC(=O)[C@H](C(C)C)N2CCN(Cc3csc(C)n3)C2=O)s1. The summed E-state index contributed by atoms with van der Waals surface area (Å²) in [5.74, 6) is -1.13. The van der Waals surface area contributed by atoms with Crippen molar-refractivity contribution in [2.24, 2.45) is 11.8 Å². The number of nitrogens with zero attached hydrogens (tertiary/aromatic N) is 5. The number of rotatable bonds is 16. The summed E-state index contributed by atoms with van der Waals surface area (Å²) in [6, 6.07) is 7.37. The maximum atomic E-state index is 14.1. The van der Waals surface area contributed by atoms with E-state index in [4.69, 9.17) is 0 Å². The van der Waals surface area contributed by atoms with Gasteiger partial charge in [0, 0.05) is 38.5 Å². The summed E-state index contributed by atoms with van der Waals surface area (Å²) in [5.41, 5.74) is 1.88. The molecule has 4 amide bonds. The molecule has 1 aromatic carbocycles. The van der Waals surface area contributed by atoms with E-state index in [9.17, 15) is 27.9 Å². The molecule has 0 spiro atoms. The van der Waals surface area contributed by atoms with Crippen LogP contribution in [0.2, 0.25) is 0 Å². The van der Waals surface area contributed by atoms with Crippen LogP contribution < -0.4 is 10.6 Å². The molecule has 0 bridgehead atoms. The van der Waals surface area contributed by atoms with Crippen LogP contribution in [0.1, 0.15) is 56.6 Å². The summed E-state index contributed by atoms with van der Waals surface area (Å²) < 4.78 is 29.2. The molecular weight excluding hydrogens is 687 g/mol. The normalized spacial score (nSPS) is 15.7. The van der Waals surface area contributed by atoms with Crippen molar-refractivity contribution in [3.8, 4) is 0 Å². The average Bonchev–Trinajstić information content (AvgIpc) is 3.70. The van der Waals surface area contributed by atoms with Gasteiger partial charge in [-0.15, -0.1) is 11.3 Å². The number of hydrogen-bond acceptors (Lipinski definition) is 10. The molecule has 4 rings (SSSR count). The van der Waals surface area contributed by atoms with Crippen LogP contribution in [-0.4, -0.2) is 99.8 Å². The number of hydrogen-bond donors (Lipinski definition) is 3. The second kappa shape index (κ2) is 16.5. The number of aliphatic hydroxyl groups excluding tert-OH is 1. The van der Waals surface area contributed by atoms with Gasteiger partial charge in [0.05, 0.1) is 35.1 Å². The van der Waals surface area contributed by atoms with E-state index < -0.39 is 34.1 Å². The molecule has 1 saturated heterocycles. The van der Waals surface area contributed by atoms with Crippen LogP contribution >= 0.6 is 22.7 Å². The van der Waals surface area contributed by atoms with E-state index in [1.807, 2.05) is 70.3 Å². The largest absolute Gasteiger partial charge is 0.390 e. The second-order valence-electron chi connectivity index (χ2n) is 13.1. The molecule has 3 atom stereocenters. The zero-order valence-corrected chi connectivity index (χ0v) is 31.5. The number of nitrogens with one attached hydrogen (secondary N) is 2. The van der Waals surface area contributed by atoms with Crippen LogP contribution in [0, 0.1) is 25.7 Å². The lowest BCUT2D eigenvalue weighted by molar-refractivity contribution is -0.128. The van der Waals surface area contributed by atoms with Gasteiger partial charge in [-0.1, -0.05) is 69.4 Å². The summed E-state index contributed by atoms with van der Waals surface area (Å²) in [6.45, 7) is 13.2. The zero-order valence-electron chi connectivity index (χ0n) is 29.0. The van der Waals surface area contributed by atoms with Gasteiger partial charge < -0.3 is 25.5 Å². The number of aryl methyl sites for hydroxylation is 2. The van der Waals surface area contributed by atoms with Crippen molar-refractivity contribution in [3.63, 3.8) is 0 Å². The Morgan fingerprint density at radius 3 is 2.35 bits per heavy atom. The molecule has 0 aliphatic carbocycles. The molecule has 268 valence electrons. The highest BCUT2D eigenvalue weighted by molar-refractivity contribution is 7.91. The first-order chi connectivity index (χ1) is 23.1. The molecule has 2 aromatic heterocycles. The van der Waals surface area contributed by atoms with Crippen LogP contribution in [0.5, 0.6) is 0 Å². The lowest BCUT2D eigenvalue weighted by Gasteiger charge is -2.34. The highest BCUT2D eigenvalue weighted by Crippen LogP contribution is 2.31. The van der Waals surface area contributed by atoms with Gasteiger partial charge in [0.1, 0.15) is 6.04 Å². The topological polar surface area (TPSA) is 165 Å². The fraction of sp³-hybridized carbons (Fsp3) is 0.545. The third-order valence-electron chi connectivity index (χ3n) is 8.04. The Bertz CT molecular complexity index is 1710. The van der Waals surface area contributed by atoms with Gasteiger partial charge in [-0.05, 0) is 37.7 Å². The van der Waals surface area contributed by atoms with Gasteiger partial charge in [-0.2, -0.15) is 4.31 Å². The summed E-state index contributed by atoms with van der Waals surface area (Å²) in [5, 5.41) is 20.3. The molecule has 3 N–H and O–H groups in total. The van der Waals surface area contributed by atoms with E-state index in [1.54, 1.807) is 16.7 Å². The summed E-state index contributed by atoms with van der Waals surface area (Å²) in [6.07, 6.45) is -1.09. The lowest BCUT2D eigenvalue weighted by atomic mass is 9.97.